The monoisotopic (exact) mass is 216 g/mol. The molecule has 0 saturated heterocycles. The zero-order valence-electron chi connectivity index (χ0n) is 5.66. The van der Waals surface area contributed by atoms with Gasteiger partial charge in [-0.15, -0.1) is 0 Å². The average Bonchev–Trinajstić information content (AvgIpc) is 1.25. The molecule has 10 heavy (non-hydrogen) atoms. The fraction of sp³-hybridized carbons (Fsp3) is 0.500. The summed E-state index contributed by atoms with van der Waals surface area (Å²) in [6.45, 7) is 1.94. The largest absolute Gasteiger partial charge is 2.00 e. The summed E-state index contributed by atoms with van der Waals surface area (Å²) < 4.78 is 0. The topological polar surface area (TPSA) is 80.3 Å². The summed E-state index contributed by atoms with van der Waals surface area (Å²) in [5.41, 5.74) is 0. The van der Waals surface area contributed by atoms with Crippen molar-refractivity contribution in [2.24, 2.45) is 0 Å². The van der Waals surface area contributed by atoms with Gasteiger partial charge in [-0.1, -0.05) is 0 Å². The first-order valence-electron chi connectivity index (χ1n) is 1.82. The molecule has 0 saturated carbocycles. The van der Waals surface area contributed by atoms with Crippen molar-refractivity contribution < 1.29 is 36.3 Å². The van der Waals surface area contributed by atoms with E-state index in [2.05, 4.69) is 0 Å². The SMILES string of the molecule is CC(=O)[O-].CC(=O)[O-].[Ca+2].[Ni+2]. The van der Waals surface area contributed by atoms with E-state index in [9.17, 15) is 0 Å². The molecular formula is C4H6CaNiO4+2. The van der Waals surface area contributed by atoms with Crippen LogP contribution in [0.1, 0.15) is 13.8 Å². The second-order valence-corrected chi connectivity index (χ2v) is 0.983. The molecule has 0 aromatic carbocycles. The zero-order chi connectivity index (χ0) is 7.15. The fourth-order valence-electron chi connectivity index (χ4n) is 0. The molecule has 0 unspecified atom stereocenters. The van der Waals surface area contributed by atoms with Gasteiger partial charge in [0.1, 0.15) is 0 Å². The van der Waals surface area contributed by atoms with Crippen LogP contribution in [0, 0.1) is 0 Å². The minimum atomic E-state index is -1.08. The molecule has 0 radical (unpaired) electrons. The molecule has 0 spiro atoms. The number of hydrogen-bond donors (Lipinski definition) is 0. The van der Waals surface area contributed by atoms with Crippen LogP contribution in [-0.2, 0) is 26.1 Å². The van der Waals surface area contributed by atoms with Crippen LogP contribution in [0.15, 0.2) is 0 Å². The van der Waals surface area contributed by atoms with Gasteiger partial charge in [0.2, 0.25) is 0 Å². The van der Waals surface area contributed by atoms with Crippen LogP contribution in [0.3, 0.4) is 0 Å². The van der Waals surface area contributed by atoms with Crippen molar-refractivity contribution in [2.45, 2.75) is 13.8 Å². The van der Waals surface area contributed by atoms with Gasteiger partial charge in [0.15, 0.2) is 0 Å². The van der Waals surface area contributed by atoms with Crippen LogP contribution in [0.2, 0.25) is 0 Å². The Labute approximate surface area is 98.9 Å². The van der Waals surface area contributed by atoms with Crippen molar-refractivity contribution >= 4 is 49.7 Å². The Morgan fingerprint density at radius 2 is 1.00 bits per heavy atom. The third-order valence-corrected chi connectivity index (χ3v) is 0. The van der Waals surface area contributed by atoms with Gasteiger partial charge < -0.3 is 19.8 Å². The van der Waals surface area contributed by atoms with Crippen LogP contribution in [0.25, 0.3) is 0 Å². The van der Waals surface area contributed by atoms with Gasteiger partial charge in [-0.3, -0.25) is 0 Å². The minimum Gasteiger partial charge on any atom is -0.550 e. The predicted molar refractivity (Wildman–Crippen MR) is 27.1 cm³/mol. The van der Waals surface area contributed by atoms with Crippen molar-refractivity contribution in [2.75, 3.05) is 0 Å². The molecule has 0 amide bonds. The Hall–Kier alpha value is 0.693. The van der Waals surface area contributed by atoms with Crippen LogP contribution in [0.5, 0.6) is 0 Å². The number of rotatable bonds is 0. The number of carbonyl (C=O) groups excluding carboxylic acids is 2. The maximum atomic E-state index is 8.89. The summed E-state index contributed by atoms with van der Waals surface area (Å²) in [6, 6.07) is 0. The number of hydrogen-bond acceptors (Lipinski definition) is 4. The van der Waals surface area contributed by atoms with E-state index in [0.29, 0.717) is 0 Å². The molecule has 0 aromatic rings. The van der Waals surface area contributed by atoms with E-state index in [1.807, 2.05) is 0 Å². The summed E-state index contributed by atoms with van der Waals surface area (Å²) in [4.78, 5) is 17.8. The predicted octanol–water partition coefficient (Wildman–Crippen LogP) is -2.87. The minimum absolute atomic E-state index is 0. The second kappa shape index (κ2) is 16.4. The molecule has 0 rings (SSSR count). The van der Waals surface area contributed by atoms with Gasteiger partial charge in [-0.2, -0.15) is 0 Å². The van der Waals surface area contributed by atoms with Crippen molar-refractivity contribution in [3.63, 3.8) is 0 Å². The van der Waals surface area contributed by atoms with E-state index in [-0.39, 0.29) is 54.2 Å². The molecule has 0 fully saturated rings. The standard InChI is InChI=1S/2C2H4O2.Ca.Ni/c2*1-2(3)4;;/h2*1H3,(H,3,4);;/q;;2*+2/p-2. The molecule has 6 heteroatoms. The van der Waals surface area contributed by atoms with Crippen molar-refractivity contribution in [1.82, 2.24) is 0 Å². The van der Waals surface area contributed by atoms with E-state index in [1.165, 1.54) is 0 Å². The smallest absolute Gasteiger partial charge is 0.550 e. The Bertz CT molecular complexity index is 75.3. The van der Waals surface area contributed by atoms with Crippen LogP contribution in [-0.4, -0.2) is 49.7 Å². The average molecular weight is 217 g/mol. The molecular weight excluding hydrogens is 211 g/mol. The molecule has 56 valence electrons. The van der Waals surface area contributed by atoms with Gasteiger partial charge in [-0.05, 0) is 13.8 Å². The third-order valence-electron chi connectivity index (χ3n) is 0. The first kappa shape index (κ1) is 22.4. The zero-order valence-corrected chi connectivity index (χ0v) is 8.85. The maximum absolute atomic E-state index is 8.89. The summed E-state index contributed by atoms with van der Waals surface area (Å²) >= 11 is 0. The summed E-state index contributed by atoms with van der Waals surface area (Å²) in [5.74, 6) is -2.17. The van der Waals surface area contributed by atoms with Crippen LogP contribution < -0.4 is 10.2 Å². The van der Waals surface area contributed by atoms with E-state index < -0.39 is 11.9 Å². The molecule has 0 aliphatic heterocycles. The molecule has 0 atom stereocenters. The van der Waals surface area contributed by atoms with Gasteiger partial charge >= 0.3 is 54.2 Å². The molecule has 0 heterocycles. The van der Waals surface area contributed by atoms with Gasteiger partial charge in [0, 0.05) is 11.9 Å². The molecule has 0 bridgehead atoms. The molecule has 4 nitrogen and oxygen atoms in total. The number of carboxylic acid groups (broad SMARTS) is 2. The summed E-state index contributed by atoms with van der Waals surface area (Å²) in [7, 11) is 0. The Morgan fingerprint density at radius 1 is 1.00 bits per heavy atom. The summed E-state index contributed by atoms with van der Waals surface area (Å²) in [6.07, 6.45) is 0. The first-order chi connectivity index (χ1) is 3.46. The van der Waals surface area contributed by atoms with E-state index >= 15 is 0 Å². The molecule has 0 aliphatic rings. The van der Waals surface area contributed by atoms with Crippen molar-refractivity contribution in [3.05, 3.63) is 0 Å². The number of carboxylic acids is 2. The van der Waals surface area contributed by atoms with E-state index in [4.69, 9.17) is 19.8 Å². The summed E-state index contributed by atoms with van der Waals surface area (Å²) in [5, 5.41) is 17.8. The van der Waals surface area contributed by atoms with Gasteiger partial charge in [0.05, 0.1) is 0 Å². The Balaban J connectivity index is -0.0000000300. The molecule has 0 aromatic heterocycles. The Kier molecular flexibility index (Phi) is 36.7. The third kappa shape index (κ3) is 1070. The van der Waals surface area contributed by atoms with Crippen molar-refractivity contribution in [1.29, 1.82) is 0 Å². The Morgan fingerprint density at radius 3 is 1.00 bits per heavy atom. The maximum Gasteiger partial charge on any atom is 2.00 e. The van der Waals surface area contributed by atoms with E-state index in [1.54, 1.807) is 0 Å². The number of carbonyl (C=O) groups is 2. The molecule has 0 N–H and O–H groups in total. The van der Waals surface area contributed by atoms with Crippen LogP contribution in [0.4, 0.5) is 0 Å². The van der Waals surface area contributed by atoms with Gasteiger partial charge in [-0.25, -0.2) is 0 Å². The normalized spacial score (nSPS) is 5.00. The second-order valence-electron chi connectivity index (χ2n) is 0.983. The van der Waals surface area contributed by atoms with E-state index in [0.717, 1.165) is 13.8 Å². The fourth-order valence-corrected chi connectivity index (χ4v) is 0. The first-order valence-corrected chi connectivity index (χ1v) is 1.82. The van der Waals surface area contributed by atoms with Crippen LogP contribution >= 0.6 is 0 Å². The van der Waals surface area contributed by atoms with Gasteiger partial charge in [0.25, 0.3) is 0 Å². The quantitative estimate of drug-likeness (QED) is 0.408. The molecule has 0 aliphatic carbocycles. The number of aliphatic carboxylic acids is 2. The van der Waals surface area contributed by atoms with Crippen molar-refractivity contribution in [3.8, 4) is 0 Å².